The molecule has 90 valence electrons. The molecule has 1 saturated carbocycles. The molecule has 0 amide bonds. The van der Waals surface area contributed by atoms with Crippen LogP contribution in [-0.2, 0) is 0 Å². The van der Waals surface area contributed by atoms with E-state index in [-0.39, 0.29) is 12.6 Å². The zero-order valence-corrected chi connectivity index (χ0v) is 9.22. The van der Waals surface area contributed by atoms with E-state index in [1.807, 2.05) is 0 Å². The molecule has 1 aliphatic rings. The van der Waals surface area contributed by atoms with Gasteiger partial charge >= 0.3 is 0 Å². The molecule has 0 heterocycles. The van der Waals surface area contributed by atoms with E-state index >= 15 is 0 Å². The lowest BCUT2D eigenvalue weighted by atomic mass is 9.92. The van der Waals surface area contributed by atoms with Crippen LogP contribution in [0, 0.1) is 5.92 Å². The van der Waals surface area contributed by atoms with Gasteiger partial charge < -0.3 is 11.1 Å². The van der Waals surface area contributed by atoms with Gasteiger partial charge in [-0.2, -0.15) is 0 Å². The molecule has 0 spiro atoms. The first-order valence-corrected chi connectivity index (χ1v) is 5.95. The smallest absolute Gasteiger partial charge is 0.250 e. The van der Waals surface area contributed by atoms with Crippen molar-refractivity contribution in [2.45, 2.75) is 51.0 Å². The van der Waals surface area contributed by atoms with E-state index in [9.17, 15) is 8.78 Å². The first-order chi connectivity index (χ1) is 7.24. The fraction of sp³-hybridized carbons (Fsp3) is 1.00. The standard InChI is InChI=1S/C11H22F2N2/c12-11(13)8-15-10(7-14)9-5-3-1-2-4-6-9/h9-11,15H,1-8,14H2. The van der Waals surface area contributed by atoms with E-state index in [0.29, 0.717) is 12.5 Å². The molecule has 1 fully saturated rings. The summed E-state index contributed by atoms with van der Waals surface area (Å²) in [5, 5.41) is 2.89. The van der Waals surface area contributed by atoms with Gasteiger partial charge in [0.1, 0.15) is 0 Å². The zero-order valence-electron chi connectivity index (χ0n) is 9.22. The monoisotopic (exact) mass is 220 g/mol. The minimum Gasteiger partial charge on any atom is -0.329 e. The normalized spacial score (nSPS) is 21.6. The summed E-state index contributed by atoms with van der Waals surface area (Å²) in [6.45, 7) is 0.246. The van der Waals surface area contributed by atoms with Crippen LogP contribution < -0.4 is 11.1 Å². The Hall–Kier alpha value is -0.220. The molecule has 0 radical (unpaired) electrons. The van der Waals surface area contributed by atoms with Gasteiger partial charge in [0.05, 0.1) is 6.54 Å². The summed E-state index contributed by atoms with van der Waals surface area (Å²) >= 11 is 0. The van der Waals surface area contributed by atoms with E-state index < -0.39 is 6.43 Å². The van der Waals surface area contributed by atoms with Crippen molar-refractivity contribution in [2.75, 3.05) is 13.1 Å². The molecule has 0 saturated heterocycles. The average molecular weight is 220 g/mol. The first kappa shape index (κ1) is 12.8. The largest absolute Gasteiger partial charge is 0.329 e. The van der Waals surface area contributed by atoms with Crippen molar-refractivity contribution in [1.29, 1.82) is 0 Å². The van der Waals surface area contributed by atoms with Gasteiger partial charge in [0.15, 0.2) is 0 Å². The third-order valence-corrected chi connectivity index (χ3v) is 3.26. The fourth-order valence-corrected chi connectivity index (χ4v) is 2.40. The first-order valence-electron chi connectivity index (χ1n) is 5.95. The van der Waals surface area contributed by atoms with Crippen LogP contribution in [0.1, 0.15) is 38.5 Å². The maximum atomic E-state index is 12.1. The van der Waals surface area contributed by atoms with Crippen molar-refractivity contribution in [1.82, 2.24) is 5.32 Å². The molecule has 3 N–H and O–H groups in total. The van der Waals surface area contributed by atoms with Crippen molar-refractivity contribution in [3.8, 4) is 0 Å². The summed E-state index contributed by atoms with van der Waals surface area (Å²) < 4.78 is 24.2. The molecule has 0 aromatic rings. The van der Waals surface area contributed by atoms with Crippen LogP contribution in [0.15, 0.2) is 0 Å². The maximum absolute atomic E-state index is 12.1. The highest BCUT2D eigenvalue weighted by Crippen LogP contribution is 2.25. The molecule has 0 aromatic carbocycles. The summed E-state index contributed by atoms with van der Waals surface area (Å²) in [5.41, 5.74) is 5.63. The lowest BCUT2D eigenvalue weighted by molar-refractivity contribution is 0.135. The summed E-state index contributed by atoms with van der Waals surface area (Å²) in [4.78, 5) is 0. The quantitative estimate of drug-likeness (QED) is 0.697. The summed E-state index contributed by atoms with van der Waals surface area (Å²) in [6.07, 6.45) is 5.00. The minimum absolute atomic E-state index is 0.0806. The molecule has 0 aromatic heterocycles. The van der Waals surface area contributed by atoms with Crippen LogP contribution in [0.5, 0.6) is 0 Å². The van der Waals surface area contributed by atoms with Gasteiger partial charge in [-0.15, -0.1) is 0 Å². The fourth-order valence-electron chi connectivity index (χ4n) is 2.40. The van der Waals surface area contributed by atoms with Crippen LogP contribution in [-0.4, -0.2) is 25.6 Å². The van der Waals surface area contributed by atoms with Crippen molar-refractivity contribution >= 4 is 0 Å². The number of halogens is 2. The Morgan fingerprint density at radius 2 is 1.73 bits per heavy atom. The SMILES string of the molecule is NCC(NCC(F)F)C1CCCCCC1. The van der Waals surface area contributed by atoms with E-state index in [4.69, 9.17) is 5.73 Å². The van der Waals surface area contributed by atoms with E-state index in [1.165, 1.54) is 25.7 Å². The van der Waals surface area contributed by atoms with Gasteiger partial charge in [-0.1, -0.05) is 25.7 Å². The maximum Gasteiger partial charge on any atom is 0.250 e. The predicted molar refractivity (Wildman–Crippen MR) is 58.0 cm³/mol. The van der Waals surface area contributed by atoms with Gasteiger partial charge in [0.2, 0.25) is 0 Å². The summed E-state index contributed by atoms with van der Waals surface area (Å²) in [5.74, 6) is 0.497. The predicted octanol–water partition coefficient (Wildman–Crippen LogP) is 2.14. The van der Waals surface area contributed by atoms with Crippen molar-refractivity contribution < 1.29 is 8.78 Å². The molecule has 0 bridgehead atoms. The van der Waals surface area contributed by atoms with Gasteiger partial charge in [-0.3, -0.25) is 0 Å². The van der Waals surface area contributed by atoms with Crippen molar-refractivity contribution in [2.24, 2.45) is 11.7 Å². The molecule has 4 heteroatoms. The number of nitrogens with one attached hydrogen (secondary N) is 1. The van der Waals surface area contributed by atoms with Crippen LogP contribution >= 0.6 is 0 Å². The summed E-state index contributed by atoms with van der Waals surface area (Å²) in [6, 6.07) is 0.0806. The van der Waals surface area contributed by atoms with Gasteiger partial charge in [-0.25, -0.2) is 8.78 Å². The highest BCUT2D eigenvalue weighted by Gasteiger charge is 2.21. The molecular weight excluding hydrogens is 198 g/mol. The van der Waals surface area contributed by atoms with Crippen molar-refractivity contribution in [3.63, 3.8) is 0 Å². The second-order valence-electron chi connectivity index (χ2n) is 4.39. The number of hydrogen-bond acceptors (Lipinski definition) is 2. The number of nitrogens with two attached hydrogens (primary N) is 1. The second-order valence-corrected chi connectivity index (χ2v) is 4.39. The van der Waals surface area contributed by atoms with E-state index in [2.05, 4.69) is 5.32 Å². The Balaban J connectivity index is 2.34. The lowest BCUT2D eigenvalue weighted by Crippen LogP contribution is -2.44. The Kier molecular flexibility index (Phi) is 6.10. The van der Waals surface area contributed by atoms with Crippen LogP contribution in [0.25, 0.3) is 0 Å². The number of rotatable bonds is 5. The van der Waals surface area contributed by atoms with Gasteiger partial charge in [-0.05, 0) is 18.8 Å². The molecular formula is C11H22F2N2. The van der Waals surface area contributed by atoms with E-state index in [0.717, 1.165) is 12.8 Å². The third-order valence-electron chi connectivity index (χ3n) is 3.26. The van der Waals surface area contributed by atoms with Gasteiger partial charge in [0, 0.05) is 12.6 Å². The molecule has 15 heavy (non-hydrogen) atoms. The van der Waals surface area contributed by atoms with Crippen LogP contribution in [0.2, 0.25) is 0 Å². The number of alkyl halides is 2. The van der Waals surface area contributed by atoms with Gasteiger partial charge in [0.25, 0.3) is 6.43 Å². The van der Waals surface area contributed by atoms with Crippen LogP contribution in [0.4, 0.5) is 8.78 Å². The van der Waals surface area contributed by atoms with Crippen molar-refractivity contribution in [3.05, 3.63) is 0 Å². The molecule has 2 nitrogen and oxygen atoms in total. The second kappa shape index (κ2) is 7.12. The Morgan fingerprint density at radius 1 is 1.13 bits per heavy atom. The molecule has 1 unspecified atom stereocenters. The number of hydrogen-bond donors (Lipinski definition) is 2. The Bertz CT molecular complexity index is 157. The minimum atomic E-state index is -2.27. The average Bonchev–Trinajstić information content (AvgIpc) is 2.47. The Morgan fingerprint density at radius 3 is 2.20 bits per heavy atom. The van der Waals surface area contributed by atoms with E-state index in [1.54, 1.807) is 0 Å². The molecule has 1 aliphatic carbocycles. The highest BCUT2D eigenvalue weighted by molar-refractivity contribution is 4.79. The topological polar surface area (TPSA) is 38.0 Å². The Labute approximate surface area is 90.6 Å². The third kappa shape index (κ3) is 4.89. The zero-order chi connectivity index (χ0) is 11.1. The summed E-state index contributed by atoms with van der Waals surface area (Å²) in [7, 11) is 0. The highest BCUT2D eigenvalue weighted by atomic mass is 19.3. The molecule has 0 aliphatic heterocycles. The lowest BCUT2D eigenvalue weighted by Gasteiger charge is -2.25. The van der Waals surface area contributed by atoms with Crippen LogP contribution in [0.3, 0.4) is 0 Å². The molecule has 1 rings (SSSR count). The molecule has 1 atom stereocenters.